The Bertz CT molecular complexity index is 1460. The van der Waals surface area contributed by atoms with Crippen LogP contribution in [-0.2, 0) is 4.74 Å². The number of rotatable bonds is 6. The zero-order valence-electron chi connectivity index (χ0n) is 19.5. The molecule has 0 radical (unpaired) electrons. The second-order valence-corrected chi connectivity index (χ2v) is 8.85. The van der Waals surface area contributed by atoms with Crippen molar-refractivity contribution >= 4 is 35.1 Å². The van der Waals surface area contributed by atoms with Crippen LogP contribution in [0, 0.1) is 0 Å². The molecule has 0 unspecified atom stereocenters. The van der Waals surface area contributed by atoms with Gasteiger partial charge >= 0.3 is 0 Å². The number of carbonyl (C=O) groups is 2. The van der Waals surface area contributed by atoms with Crippen molar-refractivity contribution in [1.29, 1.82) is 0 Å². The Labute approximate surface area is 217 Å². The molecule has 2 atom stereocenters. The van der Waals surface area contributed by atoms with Crippen LogP contribution in [0.3, 0.4) is 0 Å². The molecular weight excluding hydrogens is 496 g/mol. The topological polar surface area (TPSA) is 144 Å². The summed E-state index contributed by atoms with van der Waals surface area (Å²) < 4.78 is 6.64. The SMILES string of the molecule is Nc1cccc(-c2ccc(Cl)c(C(=O)Nc3cc(C(=O)N[C@@H]4COC[C@H]4O)nn3-c3ccccc3)c2)n1. The van der Waals surface area contributed by atoms with Gasteiger partial charge in [0.25, 0.3) is 11.8 Å². The maximum absolute atomic E-state index is 13.3. The smallest absolute Gasteiger partial charge is 0.272 e. The summed E-state index contributed by atoms with van der Waals surface area (Å²) in [5, 5.41) is 20.1. The predicted molar refractivity (Wildman–Crippen MR) is 139 cm³/mol. The summed E-state index contributed by atoms with van der Waals surface area (Å²) in [6, 6.07) is 20.2. The van der Waals surface area contributed by atoms with E-state index in [0.29, 0.717) is 22.8 Å². The van der Waals surface area contributed by atoms with Crippen molar-refractivity contribution in [2.75, 3.05) is 24.3 Å². The number of aromatic nitrogens is 3. The second kappa shape index (κ2) is 10.4. The zero-order valence-corrected chi connectivity index (χ0v) is 20.2. The molecule has 1 aliphatic heterocycles. The van der Waals surface area contributed by atoms with Gasteiger partial charge in [0.15, 0.2) is 5.69 Å². The Morgan fingerprint density at radius 2 is 1.84 bits per heavy atom. The first-order chi connectivity index (χ1) is 17.9. The molecule has 1 saturated heterocycles. The second-order valence-electron chi connectivity index (χ2n) is 8.44. The summed E-state index contributed by atoms with van der Waals surface area (Å²) in [6.07, 6.45) is -0.803. The van der Waals surface area contributed by atoms with E-state index in [0.717, 1.165) is 0 Å². The molecule has 37 heavy (non-hydrogen) atoms. The van der Waals surface area contributed by atoms with Gasteiger partial charge in [0, 0.05) is 11.6 Å². The quantitative estimate of drug-likeness (QED) is 0.307. The molecule has 1 aliphatic rings. The van der Waals surface area contributed by atoms with E-state index in [4.69, 9.17) is 22.1 Å². The van der Waals surface area contributed by atoms with E-state index in [1.165, 1.54) is 10.7 Å². The summed E-state index contributed by atoms with van der Waals surface area (Å²) in [5.74, 6) is -0.396. The Balaban J connectivity index is 1.45. The maximum Gasteiger partial charge on any atom is 0.272 e. The Morgan fingerprint density at radius 1 is 1.03 bits per heavy atom. The Hall–Kier alpha value is -4.25. The third-order valence-electron chi connectivity index (χ3n) is 5.83. The van der Waals surface area contributed by atoms with Gasteiger partial charge in [0.05, 0.1) is 47.3 Å². The molecule has 10 nitrogen and oxygen atoms in total. The highest BCUT2D eigenvalue weighted by atomic mass is 35.5. The minimum absolute atomic E-state index is 0.0575. The first kappa shape index (κ1) is 24.4. The van der Waals surface area contributed by atoms with E-state index in [1.54, 1.807) is 48.5 Å². The predicted octanol–water partition coefficient (Wildman–Crippen LogP) is 2.91. The number of benzene rings is 2. The zero-order chi connectivity index (χ0) is 25.9. The number of aliphatic hydroxyl groups excluding tert-OH is 1. The fourth-order valence-electron chi connectivity index (χ4n) is 3.92. The maximum atomic E-state index is 13.3. The molecule has 2 amide bonds. The van der Waals surface area contributed by atoms with Crippen LogP contribution in [0.5, 0.6) is 0 Å². The van der Waals surface area contributed by atoms with Gasteiger partial charge in [-0.15, -0.1) is 0 Å². The van der Waals surface area contributed by atoms with E-state index in [-0.39, 0.29) is 35.3 Å². The highest BCUT2D eigenvalue weighted by molar-refractivity contribution is 6.34. The molecule has 5 N–H and O–H groups in total. The number of ether oxygens (including phenoxy) is 1. The number of hydrogen-bond acceptors (Lipinski definition) is 7. The van der Waals surface area contributed by atoms with Crippen LogP contribution in [0.25, 0.3) is 16.9 Å². The van der Waals surface area contributed by atoms with Crippen molar-refractivity contribution in [2.24, 2.45) is 0 Å². The van der Waals surface area contributed by atoms with Gasteiger partial charge in [-0.25, -0.2) is 9.67 Å². The highest BCUT2D eigenvalue weighted by Crippen LogP contribution is 2.26. The van der Waals surface area contributed by atoms with Crippen molar-refractivity contribution in [2.45, 2.75) is 12.1 Å². The molecule has 0 saturated carbocycles. The van der Waals surface area contributed by atoms with Crippen LogP contribution >= 0.6 is 11.6 Å². The van der Waals surface area contributed by atoms with Gasteiger partial charge in [0.2, 0.25) is 0 Å². The van der Waals surface area contributed by atoms with Gasteiger partial charge in [-0.05, 0) is 36.4 Å². The molecule has 2 aromatic heterocycles. The number of nitrogen functional groups attached to an aromatic ring is 1. The average molecular weight is 519 g/mol. The lowest BCUT2D eigenvalue weighted by Crippen LogP contribution is -2.42. The summed E-state index contributed by atoms with van der Waals surface area (Å²) >= 11 is 6.37. The van der Waals surface area contributed by atoms with Crippen LogP contribution in [0.15, 0.2) is 72.8 Å². The highest BCUT2D eigenvalue weighted by Gasteiger charge is 2.29. The Kier molecular flexibility index (Phi) is 6.87. The number of hydrogen-bond donors (Lipinski definition) is 4. The lowest BCUT2D eigenvalue weighted by Gasteiger charge is -2.13. The lowest BCUT2D eigenvalue weighted by molar-refractivity contribution is 0.0881. The number of nitrogens with one attached hydrogen (secondary N) is 2. The van der Waals surface area contributed by atoms with Crippen molar-refractivity contribution < 1.29 is 19.4 Å². The monoisotopic (exact) mass is 518 g/mol. The van der Waals surface area contributed by atoms with Crippen molar-refractivity contribution in [3.8, 4) is 16.9 Å². The number of nitrogens with zero attached hydrogens (tertiary/aromatic N) is 3. The molecule has 0 aliphatic carbocycles. The van der Waals surface area contributed by atoms with Crippen LogP contribution in [-0.4, -0.2) is 57.0 Å². The van der Waals surface area contributed by atoms with Gasteiger partial charge in [-0.2, -0.15) is 5.10 Å². The number of anilines is 2. The number of carbonyl (C=O) groups excluding carboxylic acids is 2. The minimum atomic E-state index is -0.803. The normalized spacial score (nSPS) is 16.9. The molecule has 188 valence electrons. The lowest BCUT2D eigenvalue weighted by atomic mass is 10.1. The van der Waals surface area contributed by atoms with Gasteiger partial charge in [-0.3, -0.25) is 9.59 Å². The van der Waals surface area contributed by atoms with Gasteiger partial charge in [-0.1, -0.05) is 41.9 Å². The summed E-state index contributed by atoms with van der Waals surface area (Å²) in [7, 11) is 0. The number of nitrogens with two attached hydrogens (primary N) is 1. The fraction of sp³-hybridized carbons (Fsp3) is 0.154. The molecule has 2 aromatic carbocycles. The molecule has 4 aromatic rings. The van der Waals surface area contributed by atoms with E-state index in [1.807, 2.05) is 18.2 Å². The first-order valence-electron chi connectivity index (χ1n) is 11.4. The number of halogens is 1. The van der Waals surface area contributed by atoms with Gasteiger partial charge < -0.3 is 26.2 Å². The first-order valence-corrected chi connectivity index (χ1v) is 11.8. The third kappa shape index (κ3) is 5.31. The number of pyridine rings is 1. The minimum Gasteiger partial charge on any atom is -0.388 e. The van der Waals surface area contributed by atoms with Crippen LogP contribution in [0.4, 0.5) is 11.6 Å². The molecule has 1 fully saturated rings. The molecule has 5 rings (SSSR count). The van der Waals surface area contributed by atoms with Crippen molar-refractivity contribution in [3.05, 3.63) is 89.1 Å². The van der Waals surface area contributed by atoms with E-state index >= 15 is 0 Å². The third-order valence-corrected chi connectivity index (χ3v) is 6.16. The van der Waals surface area contributed by atoms with E-state index in [9.17, 15) is 14.7 Å². The summed E-state index contributed by atoms with van der Waals surface area (Å²) in [6.45, 7) is 0.349. The number of aliphatic hydroxyl groups is 1. The molecule has 0 bridgehead atoms. The Morgan fingerprint density at radius 3 is 2.57 bits per heavy atom. The van der Waals surface area contributed by atoms with Crippen LogP contribution in [0.1, 0.15) is 20.8 Å². The van der Waals surface area contributed by atoms with Crippen LogP contribution in [0.2, 0.25) is 5.02 Å². The molecule has 3 heterocycles. The van der Waals surface area contributed by atoms with E-state index in [2.05, 4.69) is 20.7 Å². The average Bonchev–Trinajstić information content (AvgIpc) is 3.50. The molecule has 11 heteroatoms. The standard InChI is InChI=1S/C26H23ClN6O4/c27-18-10-9-15(19-7-4-8-23(28)29-19)11-17(18)25(35)31-24-12-20(26(36)30-21-13-37-14-22(21)34)32-33(24)16-5-2-1-3-6-16/h1-12,21-22,34H,13-14H2,(H2,28,29)(H,30,36)(H,31,35)/t21-,22-/m1/s1. The molecular formula is C26H23ClN6O4. The fourth-order valence-corrected chi connectivity index (χ4v) is 4.13. The largest absolute Gasteiger partial charge is 0.388 e. The number of amides is 2. The van der Waals surface area contributed by atoms with Gasteiger partial charge in [0.1, 0.15) is 11.6 Å². The summed E-state index contributed by atoms with van der Waals surface area (Å²) in [5.41, 5.74) is 7.96. The summed E-state index contributed by atoms with van der Waals surface area (Å²) in [4.78, 5) is 30.5. The van der Waals surface area contributed by atoms with Crippen LogP contribution < -0.4 is 16.4 Å². The number of para-hydroxylation sites is 1. The molecule has 0 spiro atoms. The van der Waals surface area contributed by atoms with E-state index < -0.39 is 24.0 Å². The van der Waals surface area contributed by atoms with Crippen molar-refractivity contribution in [3.63, 3.8) is 0 Å². The van der Waals surface area contributed by atoms with Crippen molar-refractivity contribution in [1.82, 2.24) is 20.1 Å².